The molecule has 0 saturated heterocycles. The van der Waals surface area contributed by atoms with E-state index in [1.54, 1.807) is 75.7 Å². The summed E-state index contributed by atoms with van der Waals surface area (Å²) in [6.45, 7) is 1.80. The molecule has 8 aromatic rings. The number of halogens is 12. The Morgan fingerprint density at radius 1 is 0.590 bits per heavy atom. The number of aryl methyl sites for hydroxylation is 3. The Balaban J connectivity index is 0.000000181. The Hall–Kier alpha value is -6.08. The third-order valence-electron chi connectivity index (χ3n) is 8.47. The Morgan fingerprint density at radius 2 is 1.02 bits per heavy atom. The van der Waals surface area contributed by atoms with E-state index in [-0.39, 0.29) is 32.2 Å². The molecule has 0 saturated carbocycles. The van der Waals surface area contributed by atoms with E-state index in [0.717, 1.165) is 14.8 Å². The number of rotatable bonds is 3. The van der Waals surface area contributed by atoms with Gasteiger partial charge in [0.25, 0.3) is 0 Å². The van der Waals surface area contributed by atoms with Gasteiger partial charge in [-0.1, -0.05) is 88.2 Å². The van der Waals surface area contributed by atoms with Crippen molar-refractivity contribution in [2.24, 2.45) is 14.1 Å². The van der Waals surface area contributed by atoms with Crippen molar-refractivity contribution in [3.63, 3.8) is 0 Å². The van der Waals surface area contributed by atoms with Crippen LogP contribution in [-0.4, -0.2) is 24.2 Å². The summed E-state index contributed by atoms with van der Waals surface area (Å²) in [5.74, 6) is 1.27. The summed E-state index contributed by atoms with van der Waals surface area (Å²) < 4.78 is 161. The molecule has 4 heterocycles. The van der Waals surface area contributed by atoms with Crippen molar-refractivity contribution in [1.82, 2.24) is 29.3 Å². The minimum Gasteiger partial charge on any atom is -0.421 e. The molecule has 0 aliphatic rings. The van der Waals surface area contributed by atoms with Crippen LogP contribution in [0.2, 0.25) is 0 Å². The Kier molecular flexibility index (Phi) is 13.2. The van der Waals surface area contributed by atoms with Crippen LogP contribution in [0.3, 0.4) is 0 Å². The summed E-state index contributed by atoms with van der Waals surface area (Å²) in [4.78, 5) is 8.19. The van der Waals surface area contributed by atoms with E-state index < -0.39 is 58.3 Å². The summed E-state index contributed by atoms with van der Waals surface area (Å²) in [5.41, 5.74) is -4.04. The van der Waals surface area contributed by atoms with Crippen LogP contribution in [0.4, 0.5) is 52.7 Å². The first-order chi connectivity index (χ1) is 28.0. The second-order valence-corrected chi connectivity index (χ2v) is 12.7. The SMILES string of the molecule is C[n+]1[c-]n(-c2[c-]cc(C(F)(F)F)cc2C(F)(F)F)c2ccccc21.C[n+]1[c-]n(-c2[c-]cc(C(F)(F)F)cc2C(F)(F)F)c2ccccc21.Cc1n[n-]c(-c2ccccn2)n1.[Ir]. The van der Waals surface area contributed by atoms with Crippen molar-refractivity contribution < 1.29 is 81.9 Å². The molecule has 0 unspecified atom stereocenters. The van der Waals surface area contributed by atoms with Gasteiger partial charge in [0.2, 0.25) is 12.7 Å². The van der Waals surface area contributed by atoms with E-state index in [1.165, 1.54) is 9.13 Å². The van der Waals surface area contributed by atoms with Crippen LogP contribution < -0.4 is 14.2 Å². The van der Waals surface area contributed by atoms with Crippen LogP contribution in [0.25, 0.3) is 45.0 Å². The summed E-state index contributed by atoms with van der Waals surface area (Å²) in [7, 11) is 3.16. The molecular weight excluding hydrogens is 1010 g/mol. The molecule has 61 heavy (non-hydrogen) atoms. The second kappa shape index (κ2) is 17.5. The van der Waals surface area contributed by atoms with Gasteiger partial charge < -0.3 is 28.4 Å². The minimum atomic E-state index is -4.97. The molecule has 21 heteroatoms. The Labute approximate surface area is 351 Å². The number of hydrogen-bond acceptors (Lipinski definition) is 3. The molecule has 0 atom stereocenters. The van der Waals surface area contributed by atoms with E-state index >= 15 is 0 Å². The largest absolute Gasteiger partial charge is 0.421 e. The molecule has 4 aromatic heterocycles. The number of imidazole rings is 2. The van der Waals surface area contributed by atoms with E-state index in [0.29, 0.717) is 45.8 Å². The maximum absolute atomic E-state index is 13.3. The van der Waals surface area contributed by atoms with Crippen molar-refractivity contribution >= 4 is 22.1 Å². The molecule has 8 rings (SSSR count). The van der Waals surface area contributed by atoms with Gasteiger partial charge in [0.15, 0.2) is 0 Å². The smallest absolute Gasteiger partial charge is 0.370 e. The molecule has 0 amide bonds. The van der Waals surface area contributed by atoms with Crippen LogP contribution in [0.15, 0.2) is 97.2 Å². The molecule has 0 bridgehead atoms. The van der Waals surface area contributed by atoms with Gasteiger partial charge in [-0.25, -0.2) is 0 Å². The summed E-state index contributed by atoms with van der Waals surface area (Å²) in [6.07, 6.45) is -12.7. The summed E-state index contributed by atoms with van der Waals surface area (Å²) >= 11 is 0. The average Bonchev–Trinajstić information content (AvgIpc) is 3.88. The third-order valence-corrected chi connectivity index (χ3v) is 8.47. The second-order valence-electron chi connectivity index (χ2n) is 12.7. The number of fused-ring (bicyclic) bond motifs is 2. The van der Waals surface area contributed by atoms with Gasteiger partial charge in [0.05, 0.1) is 41.9 Å². The zero-order valence-electron chi connectivity index (χ0n) is 31.2. The molecule has 0 aliphatic carbocycles. The van der Waals surface area contributed by atoms with Gasteiger partial charge in [-0.05, 0) is 24.9 Å². The van der Waals surface area contributed by atoms with Gasteiger partial charge >= 0.3 is 24.7 Å². The van der Waals surface area contributed by atoms with Gasteiger partial charge in [-0.15, -0.1) is 0 Å². The van der Waals surface area contributed by atoms with Crippen molar-refractivity contribution in [3.05, 3.63) is 150 Å². The molecule has 0 aliphatic heterocycles. The van der Waals surface area contributed by atoms with Crippen molar-refractivity contribution in [2.45, 2.75) is 31.6 Å². The van der Waals surface area contributed by atoms with Gasteiger partial charge in [-0.2, -0.15) is 89.1 Å². The molecule has 0 spiro atoms. The number of nitrogens with zero attached hydrogens (tertiary/aromatic N) is 8. The molecule has 8 nitrogen and oxygen atoms in total. The predicted octanol–water partition coefficient (Wildman–Crippen LogP) is 8.99. The fraction of sp³-hybridized carbons (Fsp3) is 0.175. The molecule has 0 fully saturated rings. The van der Waals surface area contributed by atoms with E-state index in [4.69, 9.17) is 0 Å². The Morgan fingerprint density at radius 3 is 1.38 bits per heavy atom. The van der Waals surface area contributed by atoms with E-state index in [1.807, 2.05) is 18.2 Å². The number of benzene rings is 4. The first-order valence-electron chi connectivity index (χ1n) is 17.0. The van der Waals surface area contributed by atoms with Gasteiger partial charge in [0, 0.05) is 32.1 Å². The Bertz CT molecular complexity index is 2610. The van der Waals surface area contributed by atoms with Crippen LogP contribution in [0.1, 0.15) is 28.1 Å². The van der Waals surface area contributed by atoms with E-state index in [9.17, 15) is 52.7 Å². The standard InChI is InChI=1S/2C16H9F6N2.C8H7N4.Ir/c2*1-23-9-24(14-5-3-2-4-13(14)23)12-7-6-10(15(17,18)19)8-11(12)16(20,21)22;1-6-10-8(12-11-6)7-4-2-3-5-9-7;/h2*2-6,8H,1H3;2-5H,1H3;/q3*-1;. The fourth-order valence-electron chi connectivity index (χ4n) is 5.76. The van der Waals surface area contributed by atoms with Crippen molar-refractivity contribution in [1.29, 1.82) is 0 Å². The van der Waals surface area contributed by atoms with E-state index in [2.05, 4.69) is 45.0 Å². The third kappa shape index (κ3) is 10.3. The number of hydrogen-bond donors (Lipinski definition) is 0. The van der Waals surface area contributed by atoms with Crippen LogP contribution in [-0.2, 0) is 58.9 Å². The molecular formula is C40H25F12IrN8-3. The number of para-hydroxylation sites is 4. The number of pyridine rings is 1. The maximum atomic E-state index is 13.3. The monoisotopic (exact) mass is 1040 g/mol. The minimum absolute atomic E-state index is 0. The van der Waals surface area contributed by atoms with Gasteiger partial charge in [0.1, 0.15) is 0 Å². The van der Waals surface area contributed by atoms with Crippen LogP contribution in [0.5, 0.6) is 0 Å². The van der Waals surface area contributed by atoms with Crippen LogP contribution >= 0.6 is 0 Å². The fourth-order valence-corrected chi connectivity index (χ4v) is 5.76. The molecule has 1 radical (unpaired) electrons. The van der Waals surface area contributed by atoms with Crippen LogP contribution in [0, 0.1) is 31.7 Å². The first kappa shape index (κ1) is 46.0. The predicted molar refractivity (Wildman–Crippen MR) is 188 cm³/mol. The first-order valence-corrected chi connectivity index (χ1v) is 17.0. The zero-order chi connectivity index (χ0) is 43.8. The maximum Gasteiger partial charge on any atom is 0.370 e. The van der Waals surface area contributed by atoms with Gasteiger partial charge in [-0.3, -0.25) is 10.1 Å². The molecule has 0 N–H and O–H groups in total. The van der Waals surface area contributed by atoms with Crippen molar-refractivity contribution in [3.8, 4) is 22.9 Å². The average molecular weight is 1040 g/mol. The topological polar surface area (TPSA) is 70.4 Å². The quantitative estimate of drug-likeness (QED) is 0.101. The number of aromatic nitrogens is 8. The molecule has 321 valence electrons. The normalized spacial score (nSPS) is 12.0. The van der Waals surface area contributed by atoms with Crippen molar-refractivity contribution in [2.75, 3.05) is 0 Å². The summed E-state index contributed by atoms with van der Waals surface area (Å²) in [6, 6.07) is 24.1. The summed E-state index contributed by atoms with van der Waals surface area (Å²) in [5, 5.41) is 7.65. The molecule has 4 aromatic carbocycles. The number of alkyl halides is 12. The zero-order valence-corrected chi connectivity index (χ0v) is 33.6.